The van der Waals surface area contributed by atoms with Gasteiger partial charge < -0.3 is 15.1 Å². The van der Waals surface area contributed by atoms with E-state index < -0.39 is 0 Å². The van der Waals surface area contributed by atoms with Crippen molar-refractivity contribution in [2.45, 2.75) is 26.7 Å². The maximum atomic E-state index is 13.5. The number of amides is 2. The van der Waals surface area contributed by atoms with E-state index in [1.165, 1.54) is 19.1 Å². The lowest BCUT2D eigenvalue weighted by molar-refractivity contribution is -0.114. The van der Waals surface area contributed by atoms with Gasteiger partial charge in [0, 0.05) is 48.4 Å². The predicted octanol–water partition coefficient (Wildman–Crippen LogP) is 5.33. The third-order valence-electron chi connectivity index (χ3n) is 6.74. The molecule has 2 amide bonds. The molecule has 1 heterocycles. The summed E-state index contributed by atoms with van der Waals surface area (Å²) in [7, 11) is 0. The Morgan fingerprint density at radius 2 is 1.59 bits per heavy atom. The van der Waals surface area contributed by atoms with Gasteiger partial charge in [0.15, 0.2) is 5.78 Å². The summed E-state index contributed by atoms with van der Waals surface area (Å²) in [5, 5.41) is 2.72. The number of piperidine rings is 1. The Kier molecular flexibility index (Phi) is 8.46. The average molecular weight is 502 g/mol. The lowest BCUT2D eigenvalue weighted by Gasteiger charge is -2.33. The van der Waals surface area contributed by atoms with Gasteiger partial charge in [-0.1, -0.05) is 12.1 Å². The number of carbonyl (C=O) groups is 3. The summed E-state index contributed by atoms with van der Waals surface area (Å²) in [4.78, 5) is 41.7. The van der Waals surface area contributed by atoms with Crippen molar-refractivity contribution < 1.29 is 18.8 Å². The molecule has 4 rings (SSSR count). The van der Waals surface area contributed by atoms with Crippen molar-refractivity contribution in [1.29, 1.82) is 0 Å². The molecule has 3 aromatic carbocycles. The first-order chi connectivity index (χ1) is 17.8. The van der Waals surface area contributed by atoms with Crippen LogP contribution < -0.4 is 10.2 Å². The van der Waals surface area contributed by atoms with Gasteiger partial charge in [0.1, 0.15) is 5.82 Å². The number of anilines is 2. The average Bonchev–Trinajstić information content (AvgIpc) is 2.89. The summed E-state index contributed by atoms with van der Waals surface area (Å²) in [5.74, 6) is -0.620. The Hall–Kier alpha value is -3.84. The van der Waals surface area contributed by atoms with Crippen LogP contribution in [0.2, 0.25) is 0 Å². The van der Waals surface area contributed by atoms with Crippen LogP contribution in [0.5, 0.6) is 0 Å². The molecule has 0 aliphatic carbocycles. The second-order valence-electron chi connectivity index (χ2n) is 9.54. The molecular weight excluding hydrogens is 469 g/mol. The van der Waals surface area contributed by atoms with E-state index >= 15 is 0 Å². The van der Waals surface area contributed by atoms with E-state index in [2.05, 4.69) is 10.2 Å². The summed E-state index contributed by atoms with van der Waals surface area (Å²) >= 11 is 0. The molecule has 1 fully saturated rings. The molecule has 192 valence electrons. The number of carbonyl (C=O) groups excluding carboxylic acids is 3. The van der Waals surface area contributed by atoms with E-state index in [-0.39, 0.29) is 29.3 Å². The van der Waals surface area contributed by atoms with Gasteiger partial charge in [0.05, 0.1) is 0 Å². The van der Waals surface area contributed by atoms with Crippen molar-refractivity contribution in [1.82, 2.24) is 4.90 Å². The smallest absolute Gasteiger partial charge is 0.258 e. The minimum Gasteiger partial charge on any atom is -0.326 e. The Balaban J connectivity index is 1.40. The van der Waals surface area contributed by atoms with Crippen LogP contribution in [0.15, 0.2) is 72.8 Å². The first kappa shape index (κ1) is 26.2. The lowest BCUT2D eigenvalue weighted by atomic mass is 9.89. The maximum absolute atomic E-state index is 13.5. The number of rotatable bonds is 8. The number of nitrogens with one attached hydrogen (secondary N) is 1. The molecule has 1 N–H and O–H groups in total. The number of Topliss-reactive ketones (excluding diaryl/α,β-unsaturated/α-hetero) is 1. The van der Waals surface area contributed by atoms with Crippen molar-refractivity contribution in [3.05, 3.63) is 95.3 Å². The second kappa shape index (κ2) is 11.9. The van der Waals surface area contributed by atoms with Gasteiger partial charge >= 0.3 is 0 Å². The maximum Gasteiger partial charge on any atom is 0.258 e. The lowest BCUT2D eigenvalue weighted by Crippen LogP contribution is -2.43. The number of hydrogen-bond donors (Lipinski definition) is 1. The zero-order valence-corrected chi connectivity index (χ0v) is 21.2. The van der Waals surface area contributed by atoms with Crippen LogP contribution in [-0.2, 0) is 4.79 Å². The molecule has 0 atom stereocenters. The van der Waals surface area contributed by atoms with Crippen molar-refractivity contribution in [2.24, 2.45) is 5.92 Å². The molecule has 0 spiro atoms. The van der Waals surface area contributed by atoms with E-state index in [1.54, 1.807) is 41.3 Å². The summed E-state index contributed by atoms with van der Waals surface area (Å²) < 4.78 is 13.2. The van der Waals surface area contributed by atoms with Crippen molar-refractivity contribution >= 4 is 29.0 Å². The number of hydrogen-bond acceptors (Lipinski definition) is 4. The first-order valence-corrected chi connectivity index (χ1v) is 12.6. The molecule has 37 heavy (non-hydrogen) atoms. The minimum absolute atomic E-state index is 0.0684. The molecule has 1 aliphatic heterocycles. The Morgan fingerprint density at radius 3 is 2.22 bits per heavy atom. The predicted molar refractivity (Wildman–Crippen MR) is 143 cm³/mol. The van der Waals surface area contributed by atoms with E-state index in [1.807, 2.05) is 31.2 Å². The molecule has 0 aromatic heterocycles. The fraction of sp³-hybridized carbons (Fsp3) is 0.300. The topological polar surface area (TPSA) is 69.7 Å². The fourth-order valence-corrected chi connectivity index (χ4v) is 4.71. The van der Waals surface area contributed by atoms with Crippen molar-refractivity contribution in [3.63, 3.8) is 0 Å². The molecule has 6 nitrogen and oxygen atoms in total. The highest BCUT2D eigenvalue weighted by molar-refractivity contribution is 6.06. The fourth-order valence-electron chi connectivity index (χ4n) is 4.71. The summed E-state index contributed by atoms with van der Waals surface area (Å²) in [6.07, 6.45) is 1.47. The third kappa shape index (κ3) is 6.89. The van der Waals surface area contributed by atoms with Crippen LogP contribution in [0.4, 0.5) is 15.8 Å². The highest BCUT2D eigenvalue weighted by Gasteiger charge is 2.27. The number of likely N-dealkylation sites (tertiary alicyclic amines) is 1. The van der Waals surface area contributed by atoms with Crippen molar-refractivity contribution in [3.8, 4) is 0 Å². The standard InChI is InChI=1S/C30H32FN3O3/c1-21-4-3-5-28(20-21)34(30(37)25-8-12-27(13-9-25)32-22(2)35)19-18-33-16-14-24(15-17-33)29(36)23-6-10-26(31)11-7-23/h3-13,20,24H,14-19H2,1-2H3,(H,32,35). The Bertz CT molecular complexity index is 1250. The quantitative estimate of drug-likeness (QED) is 0.424. The largest absolute Gasteiger partial charge is 0.326 e. The second-order valence-corrected chi connectivity index (χ2v) is 9.54. The zero-order chi connectivity index (χ0) is 26.4. The SMILES string of the molecule is CC(=O)Nc1ccc(C(=O)N(CCN2CCC(C(=O)c3ccc(F)cc3)CC2)c2cccc(C)c2)cc1. The number of ketones is 1. The number of nitrogens with zero attached hydrogens (tertiary/aromatic N) is 2. The summed E-state index contributed by atoms with van der Waals surface area (Å²) in [5.41, 5.74) is 3.64. The molecule has 0 unspecified atom stereocenters. The van der Waals surface area contributed by atoms with E-state index in [9.17, 15) is 18.8 Å². The van der Waals surface area contributed by atoms with Gasteiger partial charge in [-0.05, 0) is 99.1 Å². The van der Waals surface area contributed by atoms with Crippen LogP contribution in [0.1, 0.15) is 46.0 Å². The molecule has 0 radical (unpaired) electrons. The highest BCUT2D eigenvalue weighted by atomic mass is 19.1. The van der Waals surface area contributed by atoms with Crippen LogP contribution in [-0.4, -0.2) is 48.7 Å². The zero-order valence-electron chi connectivity index (χ0n) is 21.2. The molecule has 7 heteroatoms. The number of benzene rings is 3. The Morgan fingerprint density at radius 1 is 0.946 bits per heavy atom. The van der Waals surface area contributed by atoms with E-state index in [0.717, 1.165) is 37.2 Å². The molecule has 3 aromatic rings. The first-order valence-electron chi connectivity index (χ1n) is 12.6. The van der Waals surface area contributed by atoms with Crippen molar-refractivity contribution in [2.75, 3.05) is 36.4 Å². The van der Waals surface area contributed by atoms with Crippen LogP contribution >= 0.6 is 0 Å². The van der Waals surface area contributed by atoms with Gasteiger partial charge in [0.2, 0.25) is 5.91 Å². The van der Waals surface area contributed by atoms with Gasteiger partial charge in [0.25, 0.3) is 5.91 Å². The molecular formula is C30H32FN3O3. The minimum atomic E-state index is -0.345. The van der Waals surface area contributed by atoms with Crippen LogP contribution in [0.25, 0.3) is 0 Å². The van der Waals surface area contributed by atoms with Gasteiger partial charge in [-0.25, -0.2) is 4.39 Å². The van der Waals surface area contributed by atoms with Crippen LogP contribution in [0.3, 0.4) is 0 Å². The van der Waals surface area contributed by atoms with Gasteiger partial charge in [-0.2, -0.15) is 0 Å². The van der Waals surface area contributed by atoms with E-state index in [0.29, 0.717) is 29.9 Å². The third-order valence-corrected chi connectivity index (χ3v) is 6.74. The molecule has 1 saturated heterocycles. The number of halogens is 1. The van der Waals surface area contributed by atoms with Gasteiger partial charge in [-0.15, -0.1) is 0 Å². The summed E-state index contributed by atoms with van der Waals surface area (Å²) in [6.45, 7) is 6.16. The normalized spacial score (nSPS) is 14.2. The monoisotopic (exact) mass is 501 g/mol. The van der Waals surface area contributed by atoms with Crippen LogP contribution in [0, 0.1) is 18.7 Å². The molecule has 0 saturated carbocycles. The number of aryl methyl sites for hydroxylation is 1. The summed E-state index contributed by atoms with van der Waals surface area (Å²) in [6, 6.07) is 20.5. The molecule has 0 bridgehead atoms. The van der Waals surface area contributed by atoms with E-state index in [4.69, 9.17) is 0 Å². The molecule has 1 aliphatic rings. The Labute approximate surface area is 217 Å². The van der Waals surface area contributed by atoms with Gasteiger partial charge in [-0.3, -0.25) is 14.4 Å². The highest BCUT2D eigenvalue weighted by Crippen LogP contribution is 2.24.